The van der Waals surface area contributed by atoms with Crippen LogP contribution in [0, 0.1) is 5.82 Å². The van der Waals surface area contributed by atoms with Gasteiger partial charge >= 0.3 is 0 Å². The number of amides is 1. The lowest BCUT2D eigenvalue weighted by Crippen LogP contribution is -2.36. The van der Waals surface area contributed by atoms with Gasteiger partial charge in [-0.15, -0.1) is 0 Å². The van der Waals surface area contributed by atoms with Gasteiger partial charge < -0.3 is 29.8 Å². The summed E-state index contributed by atoms with van der Waals surface area (Å²) >= 11 is 0. The lowest BCUT2D eigenvalue weighted by atomic mass is 10.1. The third-order valence-corrected chi connectivity index (χ3v) is 6.80. The molecule has 2 aromatic carbocycles. The quantitative estimate of drug-likeness (QED) is 0.346. The molecule has 0 radical (unpaired) electrons. The van der Waals surface area contributed by atoms with Crippen molar-refractivity contribution in [1.29, 1.82) is 0 Å². The van der Waals surface area contributed by atoms with E-state index >= 15 is 4.39 Å². The van der Waals surface area contributed by atoms with E-state index in [2.05, 4.69) is 25.5 Å². The molecule has 3 N–H and O–H groups in total. The zero-order valence-electron chi connectivity index (χ0n) is 19.5. The third kappa shape index (κ3) is 3.42. The fourth-order valence-corrected chi connectivity index (χ4v) is 5.00. The molecular formula is C25H23FN6O4. The highest BCUT2D eigenvalue weighted by Crippen LogP contribution is 2.45. The molecule has 0 bridgehead atoms. The van der Waals surface area contributed by atoms with Crippen LogP contribution in [-0.2, 0) is 0 Å². The number of H-pyrrole nitrogens is 1. The van der Waals surface area contributed by atoms with Crippen LogP contribution in [0.1, 0.15) is 23.2 Å². The number of hydrogen-bond acceptors (Lipinski definition) is 7. The number of carbonyl (C=O) groups excluding carboxylic acids is 1. The van der Waals surface area contributed by atoms with E-state index in [1.165, 1.54) is 18.6 Å². The number of halogens is 1. The first kappa shape index (κ1) is 22.2. The van der Waals surface area contributed by atoms with E-state index in [1.807, 2.05) is 0 Å². The summed E-state index contributed by atoms with van der Waals surface area (Å²) in [7, 11) is 1.54. The lowest BCUT2D eigenvalue weighted by molar-refractivity contribution is 0.0948. The molecule has 11 heteroatoms. The second-order valence-electron chi connectivity index (χ2n) is 8.93. The SMILES string of the molecule is CNc1c(F)cc2c(=O)c(C(=O)NCCN3CCCC3)cn3c2c1Oc1cc2c(=O)[nH]cnc2cc1-3. The first-order valence-electron chi connectivity index (χ1n) is 11.8. The van der Waals surface area contributed by atoms with Crippen molar-refractivity contribution < 1.29 is 13.9 Å². The minimum atomic E-state index is -0.695. The van der Waals surface area contributed by atoms with Crippen molar-refractivity contribution in [2.75, 3.05) is 38.5 Å². The standard InChI is InChI=1S/C25H23FN6O4/c1-27-20-16(26)8-14-21-23(20)36-19-9-13-17(29-12-30-24(13)34)10-18(19)32(21)11-15(22(14)33)25(35)28-4-7-31-5-2-3-6-31/h8-12,27H,2-7H2,1H3,(H,28,35)(H,29,30,34). The summed E-state index contributed by atoms with van der Waals surface area (Å²) in [6.07, 6.45) is 5.02. The van der Waals surface area contributed by atoms with Crippen molar-refractivity contribution >= 4 is 33.4 Å². The maximum absolute atomic E-state index is 15.0. The Morgan fingerprint density at radius 3 is 2.78 bits per heavy atom. The maximum Gasteiger partial charge on any atom is 0.258 e. The van der Waals surface area contributed by atoms with Gasteiger partial charge in [0.05, 0.1) is 28.3 Å². The van der Waals surface area contributed by atoms with Gasteiger partial charge in [-0.2, -0.15) is 0 Å². The molecular weight excluding hydrogens is 467 g/mol. The number of pyridine rings is 1. The van der Waals surface area contributed by atoms with Crippen LogP contribution in [0.4, 0.5) is 10.1 Å². The van der Waals surface area contributed by atoms with Crippen LogP contribution in [0.15, 0.2) is 40.3 Å². The molecule has 36 heavy (non-hydrogen) atoms. The number of aromatic amines is 1. The van der Waals surface area contributed by atoms with Gasteiger partial charge in [0.1, 0.15) is 16.8 Å². The molecule has 2 aliphatic rings. The van der Waals surface area contributed by atoms with Crippen LogP contribution in [0.5, 0.6) is 11.5 Å². The fourth-order valence-electron chi connectivity index (χ4n) is 5.00. The first-order chi connectivity index (χ1) is 17.5. The number of fused-ring (bicyclic) bond motifs is 3. The molecule has 0 aliphatic carbocycles. The highest BCUT2D eigenvalue weighted by Gasteiger charge is 2.29. The molecule has 1 fully saturated rings. The molecule has 2 aliphatic heterocycles. The van der Waals surface area contributed by atoms with E-state index < -0.39 is 17.2 Å². The molecule has 0 saturated carbocycles. The Morgan fingerprint density at radius 1 is 1.19 bits per heavy atom. The zero-order chi connectivity index (χ0) is 25.0. The van der Waals surface area contributed by atoms with Gasteiger partial charge in [0.2, 0.25) is 5.43 Å². The number of nitrogens with one attached hydrogen (secondary N) is 3. The van der Waals surface area contributed by atoms with Gasteiger partial charge in [-0.05, 0) is 44.1 Å². The van der Waals surface area contributed by atoms with Crippen molar-refractivity contribution in [3.05, 3.63) is 62.7 Å². The molecule has 0 spiro atoms. The average molecular weight is 490 g/mol. The summed E-state index contributed by atoms with van der Waals surface area (Å²) < 4.78 is 22.7. The largest absolute Gasteiger partial charge is 0.451 e. The molecule has 4 aromatic rings. The number of benzene rings is 2. The average Bonchev–Trinajstić information content (AvgIpc) is 3.38. The Hall–Kier alpha value is -4.25. The summed E-state index contributed by atoms with van der Waals surface area (Å²) in [6.45, 7) is 3.08. The number of ether oxygens (including phenoxy) is 1. The van der Waals surface area contributed by atoms with Crippen molar-refractivity contribution in [3.8, 4) is 17.2 Å². The number of nitrogens with zero attached hydrogens (tertiary/aromatic N) is 3. The van der Waals surface area contributed by atoms with Crippen LogP contribution in [0.2, 0.25) is 0 Å². The van der Waals surface area contributed by atoms with Crippen molar-refractivity contribution in [2.45, 2.75) is 12.8 Å². The molecule has 1 amide bonds. The van der Waals surface area contributed by atoms with Gasteiger partial charge in [0, 0.05) is 26.3 Å². The predicted molar refractivity (Wildman–Crippen MR) is 133 cm³/mol. The minimum Gasteiger partial charge on any atom is -0.451 e. The normalized spacial score (nSPS) is 14.6. The van der Waals surface area contributed by atoms with E-state index in [0.29, 0.717) is 35.2 Å². The van der Waals surface area contributed by atoms with Gasteiger partial charge in [-0.25, -0.2) is 9.37 Å². The molecule has 4 heterocycles. The molecule has 0 unspecified atom stereocenters. The molecule has 2 aromatic heterocycles. The zero-order valence-corrected chi connectivity index (χ0v) is 19.5. The van der Waals surface area contributed by atoms with Crippen LogP contribution in [0.3, 0.4) is 0 Å². The summed E-state index contributed by atoms with van der Waals surface area (Å²) in [5.41, 5.74) is 0.194. The summed E-state index contributed by atoms with van der Waals surface area (Å²) in [5.74, 6) is -0.870. The molecule has 10 nitrogen and oxygen atoms in total. The number of hydrogen-bond donors (Lipinski definition) is 3. The number of carbonyl (C=O) groups is 1. The fraction of sp³-hybridized carbons (Fsp3) is 0.280. The molecule has 1 saturated heterocycles. The lowest BCUT2D eigenvalue weighted by Gasteiger charge is -2.26. The van der Waals surface area contributed by atoms with Crippen LogP contribution >= 0.6 is 0 Å². The van der Waals surface area contributed by atoms with E-state index in [0.717, 1.165) is 32.0 Å². The number of aromatic nitrogens is 3. The number of anilines is 1. The second kappa shape index (κ2) is 8.45. The Kier molecular flexibility index (Phi) is 5.22. The highest BCUT2D eigenvalue weighted by atomic mass is 19.1. The van der Waals surface area contributed by atoms with Gasteiger partial charge in [0.15, 0.2) is 17.3 Å². The van der Waals surface area contributed by atoms with Crippen molar-refractivity contribution in [3.63, 3.8) is 0 Å². The Morgan fingerprint density at radius 2 is 2.00 bits per heavy atom. The first-order valence-corrected chi connectivity index (χ1v) is 11.8. The van der Waals surface area contributed by atoms with Crippen LogP contribution < -0.4 is 26.4 Å². The van der Waals surface area contributed by atoms with E-state index in [4.69, 9.17) is 4.74 Å². The minimum absolute atomic E-state index is 0.0123. The third-order valence-electron chi connectivity index (χ3n) is 6.80. The molecule has 0 atom stereocenters. The van der Waals surface area contributed by atoms with E-state index in [1.54, 1.807) is 17.7 Å². The number of likely N-dealkylation sites (tertiary alicyclic amines) is 1. The van der Waals surface area contributed by atoms with Crippen LogP contribution in [-0.4, -0.2) is 58.6 Å². The highest BCUT2D eigenvalue weighted by molar-refractivity contribution is 6.01. The smallest absolute Gasteiger partial charge is 0.258 e. The maximum atomic E-state index is 15.0. The second-order valence-corrected chi connectivity index (χ2v) is 8.93. The molecule has 6 rings (SSSR count). The molecule has 184 valence electrons. The predicted octanol–water partition coefficient (Wildman–Crippen LogP) is 2.34. The summed E-state index contributed by atoms with van der Waals surface area (Å²) in [5, 5.41) is 5.91. The topological polar surface area (TPSA) is 121 Å². The van der Waals surface area contributed by atoms with Gasteiger partial charge in [0.25, 0.3) is 11.5 Å². The summed E-state index contributed by atoms with van der Waals surface area (Å²) in [4.78, 5) is 47.8. The number of rotatable bonds is 5. The van der Waals surface area contributed by atoms with Crippen LogP contribution in [0.25, 0.3) is 27.5 Å². The Labute approximate surface area is 203 Å². The Balaban J connectivity index is 1.53. The van der Waals surface area contributed by atoms with E-state index in [-0.39, 0.29) is 33.7 Å². The van der Waals surface area contributed by atoms with Gasteiger partial charge in [-0.1, -0.05) is 0 Å². The Bertz CT molecular complexity index is 1670. The van der Waals surface area contributed by atoms with E-state index in [9.17, 15) is 14.4 Å². The summed E-state index contributed by atoms with van der Waals surface area (Å²) in [6, 6.07) is 4.27. The van der Waals surface area contributed by atoms with Crippen molar-refractivity contribution in [1.82, 2.24) is 24.8 Å². The monoisotopic (exact) mass is 490 g/mol. The van der Waals surface area contributed by atoms with Gasteiger partial charge in [-0.3, -0.25) is 14.4 Å². The van der Waals surface area contributed by atoms with Crippen molar-refractivity contribution in [2.24, 2.45) is 0 Å².